The summed E-state index contributed by atoms with van der Waals surface area (Å²) in [7, 11) is 0. The summed E-state index contributed by atoms with van der Waals surface area (Å²) in [6.45, 7) is 3.60. The molecular formula is C16H16N2O2. The van der Waals surface area contributed by atoms with Gasteiger partial charge in [-0.1, -0.05) is 24.3 Å². The third kappa shape index (κ3) is 2.25. The van der Waals surface area contributed by atoms with E-state index in [1.54, 1.807) is 13.0 Å². The van der Waals surface area contributed by atoms with Crippen molar-refractivity contribution >= 4 is 11.6 Å². The molecule has 102 valence electrons. The highest BCUT2D eigenvalue weighted by Crippen LogP contribution is 2.21. The van der Waals surface area contributed by atoms with E-state index in [9.17, 15) is 4.79 Å². The van der Waals surface area contributed by atoms with Gasteiger partial charge in [-0.15, -0.1) is 0 Å². The van der Waals surface area contributed by atoms with Crippen LogP contribution in [0.15, 0.2) is 39.9 Å². The largest absolute Gasteiger partial charge is 0.466 e. The van der Waals surface area contributed by atoms with Crippen molar-refractivity contribution in [3.63, 3.8) is 0 Å². The Morgan fingerprint density at radius 2 is 2.05 bits per heavy atom. The van der Waals surface area contributed by atoms with Crippen LogP contribution in [-0.4, -0.2) is 11.6 Å². The molecule has 1 aromatic heterocycles. The van der Waals surface area contributed by atoms with Crippen molar-refractivity contribution in [3.05, 3.63) is 58.5 Å². The molecule has 0 unspecified atom stereocenters. The number of furan rings is 1. The summed E-state index contributed by atoms with van der Waals surface area (Å²) >= 11 is 0. The van der Waals surface area contributed by atoms with E-state index in [0.29, 0.717) is 11.3 Å². The van der Waals surface area contributed by atoms with Gasteiger partial charge in [0.2, 0.25) is 0 Å². The van der Waals surface area contributed by atoms with Crippen LogP contribution in [0.1, 0.15) is 39.4 Å². The van der Waals surface area contributed by atoms with Crippen LogP contribution in [0.3, 0.4) is 0 Å². The van der Waals surface area contributed by atoms with Gasteiger partial charge in [0.05, 0.1) is 11.3 Å². The normalized spacial score (nSPS) is 15.4. The first-order valence-corrected chi connectivity index (χ1v) is 6.67. The Labute approximate surface area is 117 Å². The van der Waals surface area contributed by atoms with Crippen LogP contribution in [0.5, 0.6) is 0 Å². The van der Waals surface area contributed by atoms with Crippen molar-refractivity contribution in [2.24, 2.45) is 5.10 Å². The first-order valence-electron chi connectivity index (χ1n) is 6.67. The van der Waals surface area contributed by atoms with Crippen molar-refractivity contribution in [2.45, 2.75) is 26.7 Å². The molecule has 0 saturated carbocycles. The highest BCUT2D eigenvalue weighted by molar-refractivity contribution is 6.05. The van der Waals surface area contributed by atoms with Crippen LogP contribution < -0.4 is 5.43 Å². The van der Waals surface area contributed by atoms with Crippen LogP contribution in [0, 0.1) is 13.8 Å². The van der Waals surface area contributed by atoms with Crippen LogP contribution >= 0.6 is 0 Å². The summed E-state index contributed by atoms with van der Waals surface area (Å²) in [4.78, 5) is 12.1. The molecule has 1 amide bonds. The highest BCUT2D eigenvalue weighted by Gasteiger charge is 2.18. The number of rotatable bonds is 2. The Kier molecular flexibility index (Phi) is 3.14. The first-order chi connectivity index (χ1) is 9.65. The quantitative estimate of drug-likeness (QED) is 0.851. The molecule has 4 nitrogen and oxygen atoms in total. The number of aryl methyl sites for hydroxylation is 3. The van der Waals surface area contributed by atoms with Crippen LogP contribution in [-0.2, 0) is 6.42 Å². The summed E-state index contributed by atoms with van der Waals surface area (Å²) in [6.07, 6.45) is 1.84. The Morgan fingerprint density at radius 1 is 1.25 bits per heavy atom. The molecule has 1 N–H and O–H groups in total. The fourth-order valence-corrected chi connectivity index (χ4v) is 2.56. The average molecular weight is 268 g/mol. The topological polar surface area (TPSA) is 54.6 Å². The van der Waals surface area contributed by atoms with Gasteiger partial charge in [-0.25, -0.2) is 5.43 Å². The predicted octanol–water partition coefficient (Wildman–Crippen LogP) is 2.98. The minimum absolute atomic E-state index is 0.226. The van der Waals surface area contributed by atoms with E-state index in [1.807, 2.05) is 25.1 Å². The summed E-state index contributed by atoms with van der Waals surface area (Å²) in [5, 5.41) is 4.27. The number of hydrogen-bond acceptors (Lipinski definition) is 3. The summed E-state index contributed by atoms with van der Waals surface area (Å²) < 4.78 is 5.35. The number of fused-ring (bicyclic) bond motifs is 1. The number of carbonyl (C=O) groups excluding carboxylic acids is 1. The second-order valence-electron chi connectivity index (χ2n) is 4.98. The Balaban J connectivity index is 1.79. The zero-order valence-electron chi connectivity index (χ0n) is 11.6. The van der Waals surface area contributed by atoms with Gasteiger partial charge in [-0.3, -0.25) is 4.79 Å². The van der Waals surface area contributed by atoms with Gasteiger partial charge in [0.15, 0.2) is 0 Å². The average Bonchev–Trinajstić information content (AvgIpc) is 2.99. The maximum absolute atomic E-state index is 12.1. The minimum Gasteiger partial charge on any atom is -0.466 e. The van der Waals surface area contributed by atoms with Crippen LogP contribution in [0.4, 0.5) is 0 Å². The van der Waals surface area contributed by atoms with Gasteiger partial charge in [0.25, 0.3) is 5.91 Å². The Morgan fingerprint density at radius 3 is 2.80 bits per heavy atom. The third-order valence-electron chi connectivity index (χ3n) is 3.54. The molecule has 0 spiro atoms. The molecular weight excluding hydrogens is 252 g/mol. The first kappa shape index (κ1) is 12.7. The van der Waals surface area contributed by atoms with Gasteiger partial charge in [-0.05, 0) is 38.3 Å². The maximum atomic E-state index is 12.1. The standard InChI is InChI=1S/C16H16N2O2/c1-10-9-14(11(2)20-10)16(19)18-17-15-8-7-12-5-3-4-6-13(12)15/h3-6,9H,7-8H2,1-2H3,(H,18,19). The molecule has 0 aliphatic heterocycles. The zero-order valence-corrected chi connectivity index (χ0v) is 11.6. The molecule has 4 heteroatoms. The summed E-state index contributed by atoms with van der Waals surface area (Å²) in [5.74, 6) is 1.12. The second kappa shape index (κ2) is 4.96. The van der Waals surface area contributed by atoms with Crippen molar-refractivity contribution in [1.29, 1.82) is 0 Å². The molecule has 1 aliphatic rings. The molecule has 1 aromatic carbocycles. The van der Waals surface area contributed by atoms with E-state index in [4.69, 9.17) is 4.42 Å². The fourth-order valence-electron chi connectivity index (χ4n) is 2.56. The van der Waals surface area contributed by atoms with Crippen molar-refractivity contribution in [1.82, 2.24) is 5.43 Å². The number of hydrazone groups is 1. The number of nitrogens with one attached hydrogen (secondary N) is 1. The maximum Gasteiger partial charge on any atom is 0.274 e. The minimum atomic E-state index is -0.226. The third-order valence-corrected chi connectivity index (χ3v) is 3.54. The number of benzene rings is 1. The van der Waals surface area contributed by atoms with E-state index in [1.165, 1.54) is 5.56 Å². The van der Waals surface area contributed by atoms with E-state index in [-0.39, 0.29) is 5.91 Å². The lowest BCUT2D eigenvalue weighted by Crippen LogP contribution is -2.19. The van der Waals surface area contributed by atoms with Crippen molar-refractivity contribution in [2.75, 3.05) is 0 Å². The lowest BCUT2D eigenvalue weighted by atomic mass is 10.1. The smallest absolute Gasteiger partial charge is 0.274 e. The monoisotopic (exact) mass is 268 g/mol. The predicted molar refractivity (Wildman–Crippen MR) is 76.9 cm³/mol. The molecule has 0 bridgehead atoms. The Bertz CT molecular complexity index is 698. The molecule has 1 aliphatic carbocycles. The molecule has 0 fully saturated rings. The lowest BCUT2D eigenvalue weighted by molar-refractivity contribution is 0.0953. The number of nitrogens with zero attached hydrogens (tertiary/aromatic N) is 1. The molecule has 20 heavy (non-hydrogen) atoms. The van der Waals surface area contributed by atoms with Gasteiger partial charge in [-0.2, -0.15) is 5.10 Å². The zero-order chi connectivity index (χ0) is 14.1. The van der Waals surface area contributed by atoms with Crippen molar-refractivity contribution < 1.29 is 9.21 Å². The van der Waals surface area contributed by atoms with Crippen molar-refractivity contribution in [3.8, 4) is 0 Å². The summed E-state index contributed by atoms with van der Waals surface area (Å²) in [5.41, 5.74) is 6.52. The number of carbonyl (C=O) groups is 1. The Hall–Kier alpha value is -2.36. The van der Waals surface area contributed by atoms with E-state index < -0.39 is 0 Å². The van der Waals surface area contributed by atoms with Gasteiger partial charge in [0.1, 0.15) is 11.5 Å². The van der Waals surface area contributed by atoms with Crippen LogP contribution in [0.25, 0.3) is 0 Å². The lowest BCUT2D eigenvalue weighted by Gasteiger charge is -2.01. The van der Waals surface area contributed by atoms with E-state index >= 15 is 0 Å². The SMILES string of the molecule is Cc1cc(C(=O)NN=C2CCc3ccccc32)c(C)o1. The summed E-state index contributed by atoms with van der Waals surface area (Å²) in [6, 6.07) is 9.89. The molecule has 3 rings (SSSR count). The highest BCUT2D eigenvalue weighted by atomic mass is 16.3. The molecule has 0 radical (unpaired) electrons. The van der Waals surface area contributed by atoms with E-state index in [2.05, 4.69) is 16.6 Å². The molecule has 0 atom stereocenters. The van der Waals surface area contributed by atoms with Crippen LogP contribution in [0.2, 0.25) is 0 Å². The van der Waals surface area contributed by atoms with Gasteiger partial charge < -0.3 is 4.42 Å². The fraction of sp³-hybridized carbons (Fsp3) is 0.250. The molecule has 0 saturated heterocycles. The molecule has 2 aromatic rings. The second-order valence-corrected chi connectivity index (χ2v) is 4.98. The van der Waals surface area contributed by atoms with E-state index in [0.717, 1.165) is 29.9 Å². The van der Waals surface area contributed by atoms with Gasteiger partial charge >= 0.3 is 0 Å². The number of amides is 1. The number of hydrogen-bond donors (Lipinski definition) is 1. The van der Waals surface area contributed by atoms with Gasteiger partial charge in [0, 0.05) is 5.56 Å². The molecule has 1 heterocycles.